The van der Waals surface area contributed by atoms with Crippen LogP contribution in [0.4, 0.5) is 4.39 Å². The summed E-state index contributed by atoms with van der Waals surface area (Å²) < 4.78 is 25.8. The molecule has 172 valence electrons. The van der Waals surface area contributed by atoms with Crippen molar-refractivity contribution in [3.05, 3.63) is 70.5 Å². The minimum Gasteiger partial charge on any atom is -0.369 e. The van der Waals surface area contributed by atoms with Gasteiger partial charge in [0.15, 0.2) is 0 Å². The van der Waals surface area contributed by atoms with E-state index in [2.05, 4.69) is 0 Å². The molecule has 0 radical (unpaired) electrons. The number of likely N-dealkylation sites (tertiary alicyclic amines) is 1. The number of benzene rings is 2. The Morgan fingerprint density at radius 2 is 1.79 bits per heavy atom. The summed E-state index contributed by atoms with van der Waals surface area (Å²) in [4.78, 5) is 27.0. The van der Waals surface area contributed by atoms with Crippen molar-refractivity contribution in [1.82, 2.24) is 4.90 Å². The molecule has 2 aliphatic rings. The van der Waals surface area contributed by atoms with Gasteiger partial charge in [0.1, 0.15) is 5.82 Å². The average molecular weight is 467 g/mol. The molecule has 1 heterocycles. The van der Waals surface area contributed by atoms with Gasteiger partial charge in [-0.2, -0.15) is 0 Å². The van der Waals surface area contributed by atoms with Gasteiger partial charge in [-0.15, -0.1) is 0 Å². The quantitative estimate of drug-likeness (QED) is 0.723. The largest absolute Gasteiger partial charge is 0.369 e. The minimum absolute atomic E-state index is 0.0292. The number of carbonyl (C=O) groups excluding carboxylic acids is 2. The van der Waals surface area contributed by atoms with E-state index < -0.39 is 10.8 Å². The number of hydrogen-bond donors (Lipinski definition) is 1. The van der Waals surface area contributed by atoms with Crippen molar-refractivity contribution in [2.75, 3.05) is 19.3 Å². The van der Waals surface area contributed by atoms with Crippen molar-refractivity contribution in [1.29, 1.82) is 0 Å². The molecule has 1 aliphatic carbocycles. The van der Waals surface area contributed by atoms with E-state index in [-0.39, 0.29) is 30.0 Å². The summed E-state index contributed by atoms with van der Waals surface area (Å²) in [5.74, 6) is -0.862. The molecule has 0 bridgehead atoms. The molecular weight excluding hydrogens is 439 g/mol. The van der Waals surface area contributed by atoms with Crippen LogP contribution in [0.1, 0.15) is 42.9 Å². The molecule has 2 aromatic rings. The number of halogens is 1. The lowest BCUT2D eigenvalue weighted by molar-refractivity contribution is -0.133. The Morgan fingerprint density at radius 3 is 2.39 bits per heavy atom. The van der Waals surface area contributed by atoms with E-state index in [0.29, 0.717) is 25.9 Å². The van der Waals surface area contributed by atoms with Crippen molar-refractivity contribution in [3.63, 3.8) is 0 Å². The van der Waals surface area contributed by atoms with E-state index in [0.717, 1.165) is 38.3 Å². The first kappa shape index (κ1) is 23.1. The van der Waals surface area contributed by atoms with Crippen LogP contribution in [0.25, 0.3) is 17.2 Å². The molecule has 1 atom stereocenters. The van der Waals surface area contributed by atoms with E-state index in [1.165, 1.54) is 12.1 Å². The number of piperidine rings is 1. The number of nitrogens with zero attached hydrogens (tertiary/aromatic N) is 1. The fourth-order valence-electron chi connectivity index (χ4n) is 4.58. The Kier molecular flexibility index (Phi) is 6.61. The van der Waals surface area contributed by atoms with Crippen molar-refractivity contribution < 1.29 is 18.2 Å². The fraction of sp³-hybridized carbons (Fsp3) is 0.308. The lowest BCUT2D eigenvalue weighted by Crippen LogP contribution is -2.41. The Hall–Kier alpha value is -3.06. The smallest absolute Gasteiger partial charge is 0.227 e. The highest BCUT2D eigenvalue weighted by atomic mass is 32.2. The van der Waals surface area contributed by atoms with E-state index >= 15 is 0 Å². The van der Waals surface area contributed by atoms with Crippen LogP contribution in [0.2, 0.25) is 0 Å². The highest BCUT2D eigenvalue weighted by molar-refractivity contribution is 7.84. The van der Waals surface area contributed by atoms with Crippen LogP contribution in [-0.4, -0.2) is 40.3 Å². The van der Waals surface area contributed by atoms with Crippen LogP contribution in [0.15, 0.2) is 52.9 Å². The number of primary amides is 1. The summed E-state index contributed by atoms with van der Waals surface area (Å²) >= 11 is 0. The monoisotopic (exact) mass is 466 g/mol. The third-order valence-corrected chi connectivity index (χ3v) is 7.49. The van der Waals surface area contributed by atoms with E-state index in [9.17, 15) is 18.2 Å². The number of carbonyl (C=O) groups is 2. The molecule has 5 nitrogen and oxygen atoms in total. The van der Waals surface area contributed by atoms with Crippen LogP contribution in [0.5, 0.6) is 0 Å². The van der Waals surface area contributed by atoms with Gasteiger partial charge < -0.3 is 10.6 Å². The molecule has 0 unspecified atom stereocenters. The van der Waals surface area contributed by atoms with Crippen molar-refractivity contribution >= 4 is 39.8 Å². The summed E-state index contributed by atoms with van der Waals surface area (Å²) in [6.07, 6.45) is 4.99. The Balaban J connectivity index is 1.62. The Bertz CT molecular complexity index is 1190. The van der Waals surface area contributed by atoms with Crippen LogP contribution < -0.4 is 5.73 Å². The van der Waals surface area contributed by atoms with Crippen molar-refractivity contribution in [2.45, 2.75) is 31.1 Å². The first-order valence-electron chi connectivity index (χ1n) is 11.0. The van der Waals surface area contributed by atoms with Gasteiger partial charge in [-0.25, -0.2) is 4.39 Å². The zero-order valence-electron chi connectivity index (χ0n) is 18.8. The van der Waals surface area contributed by atoms with Gasteiger partial charge in [0.05, 0.1) is 6.42 Å². The number of rotatable bonds is 5. The van der Waals surface area contributed by atoms with E-state index in [1.807, 2.05) is 37.3 Å². The first-order valence-corrected chi connectivity index (χ1v) is 12.5. The highest BCUT2D eigenvalue weighted by Crippen LogP contribution is 2.44. The Morgan fingerprint density at radius 1 is 1.12 bits per heavy atom. The lowest BCUT2D eigenvalue weighted by atomic mass is 9.95. The number of allylic oxidation sites excluding steroid dienone is 2. The second kappa shape index (κ2) is 9.43. The second-order valence-electron chi connectivity index (χ2n) is 8.61. The summed E-state index contributed by atoms with van der Waals surface area (Å²) in [6.45, 7) is 2.96. The SMILES string of the molecule is CC1=C(CC(=O)N2CCC(C(N)=O)CC2)c2cc(F)ccc2/C1=C/c1ccc([S@@](C)=O)cc1. The molecule has 2 aromatic carbocycles. The van der Waals surface area contributed by atoms with Gasteiger partial charge in [-0.3, -0.25) is 13.8 Å². The normalized spacial score (nSPS) is 18.5. The van der Waals surface area contributed by atoms with E-state index in [1.54, 1.807) is 17.2 Å². The molecule has 0 saturated carbocycles. The van der Waals surface area contributed by atoms with E-state index in [4.69, 9.17) is 5.73 Å². The summed E-state index contributed by atoms with van der Waals surface area (Å²) in [6, 6.07) is 12.2. The van der Waals surface area contributed by atoms with Gasteiger partial charge in [0, 0.05) is 41.0 Å². The van der Waals surface area contributed by atoms with Gasteiger partial charge in [-0.05, 0) is 83.5 Å². The maximum atomic E-state index is 14.1. The van der Waals surface area contributed by atoms with Gasteiger partial charge in [0.2, 0.25) is 11.8 Å². The fourth-order valence-corrected chi connectivity index (χ4v) is 5.10. The molecule has 1 aliphatic heterocycles. The number of fused-ring (bicyclic) bond motifs is 1. The molecule has 2 amide bonds. The molecule has 7 heteroatoms. The highest BCUT2D eigenvalue weighted by Gasteiger charge is 2.30. The minimum atomic E-state index is -1.05. The van der Waals surface area contributed by atoms with Crippen LogP contribution >= 0.6 is 0 Å². The van der Waals surface area contributed by atoms with Crippen LogP contribution in [0, 0.1) is 11.7 Å². The third-order valence-electron chi connectivity index (χ3n) is 6.55. The van der Waals surface area contributed by atoms with Crippen LogP contribution in [-0.2, 0) is 20.4 Å². The molecule has 0 aromatic heterocycles. The zero-order chi connectivity index (χ0) is 23.7. The first-order chi connectivity index (χ1) is 15.7. The summed E-state index contributed by atoms with van der Waals surface area (Å²) in [7, 11) is -1.05. The summed E-state index contributed by atoms with van der Waals surface area (Å²) in [5, 5.41) is 0. The van der Waals surface area contributed by atoms with Crippen molar-refractivity contribution in [3.8, 4) is 0 Å². The standard InChI is InChI=1S/C26H27FN2O3S/c1-16-22(13-17-3-6-20(7-4-17)33(2)32)21-8-5-19(27)14-24(21)23(16)15-25(30)29-11-9-18(10-12-29)26(28)31/h3-8,13-14,18H,9-12,15H2,1-2H3,(H2,28,31)/b22-13+/t33-/m1/s1. The molecule has 1 saturated heterocycles. The topological polar surface area (TPSA) is 80.5 Å². The molecule has 1 fully saturated rings. The predicted molar refractivity (Wildman–Crippen MR) is 129 cm³/mol. The van der Waals surface area contributed by atoms with Crippen LogP contribution in [0.3, 0.4) is 0 Å². The maximum Gasteiger partial charge on any atom is 0.227 e. The van der Waals surface area contributed by atoms with Gasteiger partial charge in [0.25, 0.3) is 0 Å². The number of hydrogen-bond acceptors (Lipinski definition) is 3. The zero-order valence-corrected chi connectivity index (χ0v) is 19.6. The molecule has 33 heavy (non-hydrogen) atoms. The molecule has 2 N–H and O–H groups in total. The van der Waals surface area contributed by atoms with Gasteiger partial charge >= 0.3 is 0 Å². The maximum absolute atomic E-state index is 14.1. The van der Waals surface area contributed by atoms with Crippen molar-refractivity contribution in [2.24, 2.45) is 11.7 Å². The summed E-state index contributed by atoms with van der Waals surface area (Å²) in [5.41, 5.74) is 10.7. The molecule has 0 spiro atoms. The average Bonchev–Trinajstić information content (AvgIpc) is 3.04. The number of amides is 2. The molecular formula is C26H27FN2O3S. The number of nitrogens with two attached hydrogens (primary N) is 1. The molecule has 4 rings (SSSR count). The predicted octanol–water partition coefficient (Wildman–Crippen LogP) is 4.00. The second-order valence-corrected chi connectivity index (χ2v) is 9.99. The third kappa shape index (κ3) is 4.83. The Labute approximate surface area is 195 Å². The van der Waals surface area contributed by atoms with Gasteiger partial charge in [-0.1, -0.05) is 18.2 Å². The lowest BCUT2D eigenvalue weighted by Gasteiger charge is -2.31.